The molecule has 2 rings (SSSR count). The molecule has 7 heteroatoms. The monoisotopic (exact) mass is 274 g/mol. The second-order valence-corrected chi connectivity index (χ2v) is 4.92. The fourth-order valence-electron chi connectivity index (χ4n) is 1.10. The number of carboxylic acid groups (broad SMARTS) is 1. The molecule has 2 heterocycles. The highest BCUT2D eigenvalue weighted by atomic mass is 35.5. The molecule has 0 aliphatic heterocycles. The number of hydrogen-bond donors (Lipinski definition) is 1. The molecule has 16 heavy (non-hydrogen) atoms. The van der Waals surface area contributed by atoms with Crippen molar-refractivity contribution in [2.24, 2.45) is 0 Å². The Labute approximate surface area is 104 Å². The second kappa shape index (κ2) is 4.37. The minimum atomic E-state index is -1.14. The van der Waals surface area contributed by atoms with E-state index >= 15 is 0 Å². The molecular formula is C9H4Cl2N2O2S. The normalized spacial score (nSPS) is 10.4. The van der Waals surface area contributed by atoms with Gasteiger partial charge in [-0.25, -0.2) is 4.79 Å². The Morgan fingerprint density at radius 2 is 2.06 bits per heavy atom. The van der Waals surface area contributed by atoms with Gasteiger partial charge in [-0.3, -0.25) is 0 Å². The quantitative estimate of drug-likeness (QED) is 0.914. The maximum atomic E-state index is 10.8. The van der Waals surface area contributed by atoms with Crippen LogP contribution in [0, 0.1) is 0 Å². The van der Waals surface area contributed by atoms with E-state index in [0.717, 1.165) is 4.88 Å². The average molecular weight is 275 g/mol. The predicted octanol–water partition coefficient (Wildman–Crippen LogP) is 3.21. The van der Waals surface area contributed by atoms with Crippen molar-refractivity contribution in [3.8, 4) is 10.6 Å². The molecule has 2 aromatic heterocycles. The van der Waals surface area contributed by atoms with E-state index in [-0.39, 0.29) is 10.7 Å². The zero-order chi connectivity index (χ0) is 11.7. The molecule has 0 spiro atoms. The smallest absolute Gasteiger partial charge is 0.338 e. The fraction of sp³-hybridized carbons (Fsp3) is 0. The highest BCUT2D eigenvalue weighted by molar-refractivity contribution is 7.19. The van der Waals surface area contributed by atoms with Crippen molar-refractivity contribution in [1.82, 2.24) is 10.2 Å². The van der Waals surface area contributed by atoms with Gasteiger partial charge in [0.05, 0.1) is 9.21 Å². The van der Waals surface area contributed by atoms with E-state index in [1.807, 2.05) is 0 Å². The first-order chi connectivity index (χ1) is 7.58. The first-order valence-electron chi connectivity index (χ1n) is 4.10. The molecule has 0 unspecified atom stereocenters. The van der Waals surface area contributed by atoms with Gasteiger partial charge < -0.3 is 5.11 Å². The van der Waals surface area contributed by atoms with Crippen LogP contribution in [0.25, 0.3) is 10.6 Å². The van der Waals surface area contributed by atoms with E-state index in [2.05, 4.69) is 10.2 Å². The summed E-state index contributed by atoms with van der Waals surface area (Å²) in [5.74, 6) is -1.14. The zero-order valence-corrected chi connectivity index (χ0v) is 9.97. The SMILES string of the molecule is O=C(O)c1cc(-c2ccc(Cl)s2)nnc1Cl. The highest BCUT2D eigenvalue weighted by Gasteiger charge is 2.13. The third kappa shape index (κ3) is 2.16. The lowest BCUT2D eigenvalue weighted by Gasteiger charge is -1.99. The molecule has 0 aromatic carbocycles. The first kappa shape index (κ1) is 11.3. The minimum Gasteiger partial charge on any atom is -0.478 e. The van der Waals surface area contributed by atoms with Crippen LogP contribution in [-0.4, -0.2) is 21.3 Å². The van der Waals surface area contributed by atoms with Crippen LogP contribution in [0.4, 0.5) is 0 Å². The molecule has 0 saturated carbocycles. The Morgan fingerprint density at radius 1 is 1.31 bits per heavy atom. The van der Waals surface area contributed by atoms with E-state index in [1.165, 1.54) is 17.4 Å². The van der Waals surface area contributed by atoms with Crippen LogP contribution in [0.1, 0.15) is 10.4 Å². The number of aromatic nitrogens is 2. The lowest BCUT2D eigenvalue weighted by Crippen LogP contribution is -2.01. The van der Waals surface area contributed by atoms with Gasteiger partial charge in [-0.05, 0) is 18.2 Å². The van der Waals surface area contributed by atoms with Crippen molar-refractivity contribution in [2.75, 3.05) is 0 Å². The van der Waals surface area contributed by atoms with Crippen LogP contribution >= 0.6 is 34.5 Å². The average Bonchev–Trinajstić information content (AvgIpc) is 2.65. The molecule has 0 bridgehead atoms. The zero-order valence-electron chi connectivity index (χ0n) is 7.65. The molecular weight excluding hydrogens is 271 g/mol. The molecule has 0 aliphatic carbocycles. The summed E-state index contributed by atoms with van der Waals surface area (Å²) in [6, 6.07) is 4.83. The van der Waals surface area contributed by atoms with Crippen molar-refractivity contribution in [2.45, 2.75) is 0 Å². The van der Waals surface area contributed by atoms with Gasteiger partial charge in [0.15, 0.2) is 5.15 Å². The summed E-state index contributed by atoms with van der Waals surface area (Å²) in [6.45, 7) is 0. The molecule has 4 nitrogen and oxygen atoms in total. The van der Waals surface area contributed by atoms with Crippen molar-refractivity contribution < 1.29 is 9.90 Å². The summed E-state index contributed by atoms with van der Waals surface area (Å²) < 4.78 is 0.601. The molecule has 0 amide bonds. The molecule has 0 saturated heterocycles. The van der Waals surface area contributed by atoms with E-state index in [0.29, 0.717) is 10.0 Å². The molecule has 0 aliphatic rings. The Hall–Kier alpha value is -1.17. The molecule has 0 radical (unpaired) electrons. The number of carboxylic acids is 1. The van der Waals surface area contributed by atoms with Gasteiger partial charge in [-0.15, -0.1) is 21.5 Å². The third-order valence-electron chi connectivity index (χ3n) is 1.80. The van der Waals surface area contributed by atoms with Crippen LogP contribution in [-0.2, 0) is 0 Å². The van der Waals surface area contributed by atoms with E-state index in [1.54, 1.807) is 12.1 Å². The largest absolute Gasteiger partial charge is 0.478 e. The van der Waals surface area contributed by atoms with Crippen molar-refractivity contribution in [3.05, 3.63) is 33.3 Å². The van der Waals surface area contributed by atoms with Gasteiger partial charge >= 0.3 is 5.97 Å². The van der Waals surface area contributed by atoms with Crippen LogP contribution in [0.3, 0.4) is 0 Å². The van der Waals surface area contributed by atoms with E-state index in [9.17, 15) is 4.79 Å². The van der Waals surface area contributed by atoms with Crippen LogP contribution in [0.15, 0.2) is 18.2 Å². The summed E-state index contributed by atoms with van der Waals surface area (Å²) in [6.07, 6.45) is 0. The summed E-state index contributed by atoms with van der Waals surface area (Å²) in [4.78, 5) is 11.6. The van der Waals surface area contributed by atoms with Crippen molar-refractivity contribution in [3.63, 3.8) is 0 Å². The molecule has 0 fully saturated rings. The molecule has 2 aromatic rings. The summed E-state index contributed by atoms with van der Waals surface area (Å²) in [7, 11) is 0. The maximum absolute atomic E-state index is 10.8. The maximum Gasteiger partial charge on any atom is 0.338 e. The van der Waals surface area contributed by atoms with Crippen LogP contribution in [0.2, 0.25) is 9.49 Å². The molecule has 0 atom stereocenters. The number of aromatic carboxylic acids is 1. The Kier molecular flexibility index (Phi) is 3.09. The number of thiophene rings is 1. The summed E-state index contributed by atoms with van der Waals surface area (Å²) in [5, 5.41) is 16.1. The van der Waals surface area contributed by atoms with Crippen molar-refractivity contribution in [1.29, 1.82) is 0 Å². The van der Waals surface area contributed by atoms with E-state index in [4.69, 9.17) is 28.3 Å². The lowest BCUT2D eigenvalue weighted by atomic mass is 10.2. The van der Waals surface area contributed by atoms with Gasteiger partial charge in [0.1, 0.15) is 11.3 Å². The number of hydrogen-bond acceptors (Lipinski definition) is 4. The van der Waals surface area contributed by atoms with Gasteiger partial charge in [-0.2, -0.15) is 0 Å². The predicted molar refractivity (Wildman–Crippen MR) is 62.3 cm³/mol. The lowest BCUT2D eigenvalue weighted by molar-refractivity contribution is 0.0696. The summed E-state index contributed by atoms with van der Waals surface area (Å²) in [5.41, 5.74) is 0.370. The number of carbonyl (C=O) groups is 1. The van der Waals surface area contributed by atoms with Gasteiger partial charge in [0.25, 0.3) is 0 Å². The molecule has 82 valence electrons. The van der Waals surface area contributed by atoms with Crippen LogP contribution < -0.4 is 0 Å². The Balaban J connectivity index is 2.51. The summed E-state index contributed by atoms with van der Waals surface area (Å²) >= 11 is 12.7. The minimum absolute atomic E-state index is 0.0730. The highest BCUT2D eigenvalue weighted by Crippen LogP contribution is 2.30. The topological polar surface area (TPSA) is 63.1 Å². The van der Waals surface area contributed by atoms with Gasteiger partial charge in [0.2, 0.25) is 0 Å². The van der Waals surface area contributed by atoms with Gasteiger partial charge in [-0.1, -0.05) is 23.2 Å². The third-order valence-corrected chi connectivity index (χ3v) is 3.34. The second-order valence-electron chi connectivity index (χ2n) is 2.84. The van der Waals surface area contributed by atoms with Gasteiger partial charge in [0, 0.05) is 0 Å². The standard InChI is InChI=1S/C9H4Cl2N2O2S/c10-7-2-1-6(16-7)5-3-4(9(14)15)8(11)13-12-5/h1-3H,(H,14,15). The fourth-order valence-corrected chi connectivity index (χ4v) is 2.27. The van der Waals surface area contributed by atoms with Crippen molar-refractivity contribution >= 4 is 40.5 Å². The Morgan fingerprint density at radius 3 is 2.62 bits per heavy atom. The number of halogens is 2. The number of nitrogens with zero attached hydrogens (tertiary/aromatic N) is 2. The first-order valence-corrected chi connectivity index (χ1v) is 5.67. The number of rotatable bonds is 2. The molecule has 1 N–H and O–H groups in total. The van der Waals surface area contributed by atoms with E-state index < -0.39 is 5.97 Å². The Bertz CT molecular complexity index is 556. The van der Waals surface area contributed by atoms with Crippen LogP contribution in [0.5, 0.6) is 0 Å².